The highest BCUT2D eigenvalue weighted by Crippen LogP contribution is 2.17. The second kappa shape index (κ2) is 4.61. The lowest BCUT2D eigenvalue weighted by molar-refractivity contribution is 0.665. The van der Waals surface area contributed by atoms with Gasteiger partial charge in [-0.15, -0.1) is 0 Å². The fourth-order valence-electron chi connectivity index (χ4n) is 1.10. The fourth-order valence-corrected chi connectivity index (χ4v) is 1.10. The Labute approximate surface area is 78.5 Å². The summed E-state index contributed by atoms with van der Waals surface area (Å²) in [6.07, 6.45) is 11.1. The average Bonchev–Trinajstić information content (AvgIpc) is 2.09. The predicted molar refractivity (Wildman–Crippen MR) is 55.0 cm³/mol. The SMILES string of the molecule is C=C/C=C(F)\C=C1\C=CC(C)=CC1. The van der Waals surface area contributed by atoms with Crippen molar-refractivity contribution in [3.8, 4) is 0 Å². The van der Waals surface area contributed by atoms with Gasteiger partial charge in [-0.05, 0) is 31.1 Å². The van der Waals surface area contributed by atoms with Crippen molar-refractivity contribution in [3.05, 3.63) is 60.0 Å². The maximum absolute atomic E-state index is 12.9. The highest BCUT2D eigenvalue weighted by atomic mass is 19.1. The molecule has 0 fully saturated rings. The number of hydrogen-bond acceptors (Lipinski definition) is 0. The highest BCUT2D eigenvalue weighted by molar-refractivity contribution is 5.37. The van der Waals surface area contributed by atoms with Crippen LogP contribution in [0.1, 0.15) is 13.3 Å². The van der Waals surface area contributed by atoms with E-state index in [1.165, 1.54) is 23.8 Å². The van der Waals surface area contributed by atoms with Crippen LogP contribution in [-0.2, 0) is 0 Å². The van der Waals surface area contributed by atoms with Gasteiger partial charge in [0.15, 0.2) is 0 Å². The third-order valence-electron chi connectivity index (χ3n) is 1.82. The van der Waals surface area contributed by atoms with E-state index in [0.717, 1.165) is 12.0 Å². The summed E-state index contributed by atoms with van der Waals surface area (Å²) in [6, 6.07) is 0. The monoisotopic (exact) mass is 176 g/mol. The topological polar surface area (TPSA) is 0 Å². The van der Waals surface area contributed by atoms with Gasteiger partial charge in [0.1, 0.15) is 5.83 Å². The minimum atomic E-state index is -0.248. The molecule has 0 saturated heterocycles. The molecule has 1 rings (SSSR count). The predicted octanol–water partition coefficient (Wildman–Crippen LogP) is 3.86. The minimum Gasteiger partial charge on any atom is -0.207 e. The molecule has 68 valence electrons. The third-order valence-corrected chi connectivity index (χ3v) is 1.82. The van der Waals surface area contributed by atoms with E-state index in [4.69, 9.17) is 0 Å². The summed E-state index contributed by atoms with van der Waals surface area (Å²) in [5.41, 5.74) is 2.21. The number of rotatable bonds is 2. The maximum Gasteiger partial charge on any atom is 0.123 e. The Morgan fingerprint density at radius 1 is 1.54 bits per heavy atom. The summed E-state index contributed by atoms with van der Waals surface area (Å²) in [5, 5.41) is 0. The number of halogens is 1. The van der Waals surface area contributed by atoms with E-state index in [9.17, 15) is 4.39 Å². The molecule has 0 atom stereocenters. The van der Waals surface area contributed by atoms with E-state index in [-0.39, 0.29) is 5.83 Å². The second-order valence-corrected chi connectivity index (χ2v) is 2.99. The van der Waals surface area contributed by atoms with Crippen LogP contribution in [0.15, 0.2) is 60.0 Å². The molecule has 0 aromatic heterocycles. The molecule has 0 spiro atoms. The quantitative estimate of drug-likeness (QED) is 0.560. The first-order valence-electron chi connectivity index (χ1n) is 4.26. The smallest absolute Gasteiger partial charge is 0.123 e. The highest BCUT2D eigenvalue weighted by Gasteiger charge is 1.98. The molecule has 0 aromatic rings. The van der Waals surface area contributed by atoms with Crippen molar-refractivity contribution in [1.82, 2.24) is 0 Å². The molecule has 1 heteroatoms. The van der Waals surface area contributed by atoms with Gasteiger partial charge in [0.2, 0.25) is 0 Å². The van der Waals surface area contributed by atoms with E-state index >= 15 is 0 Å². The molecule has 0 N–H and O–H groups in total. The minimum absolute atomic E-state index is 0.248. The summed E-state index contributed by atoms with van der Waals surface area (Å²) < 4.78 is 12.9. The molecule has 1 aliphatic rings. The largest absolute Gasteiger partial charge is 0.207 e. The number of allylic oxidation sites excluding steroid dienone is 9. The lowest BCUT2D eigenvalue weighted by Gasteiger charge is -2.04. The van der Waals surface area contributed by atoms with Crippen molar-refractivity contribution in [1.29, 1.82) is 0 Å². The Kier molecular flexibility index (Phi) is 3.44. The van der Waals surface area contributed by atoms with Crippen LogP contribution in [-0.4, -0.2) is 0 Å². The summed E-state index contributed by atoms with van der Waals surface area (Å²) in [5.74, 6) is -0.248. The Morgan fingerprint density at radius 3 is 2.85 bits per heavy atom. The van der Waals surface area contributed by atoms with Gasteiger partial charge >= 0.3 is 0 Å². The van der Waals surface area contributed by atoms with Crippen LogP contribution in [0.4, 0.5) is 4.39 Å². The Morgan fingerprint density at radius 2 is 2.31 bits per heavy atom. The fraction of sp³-hybridized carbons (Fsp3) is 0.167. The van der Waals surface area contributed by atoms with Crippen LogP contribution in [0.3, 0.4) is 0 Å². The second-order valence-electron chi connectivity index (χ2n) is 2.99. The third kappa shape index (κ3) is 3.24. The van der Waals surface area contributed by atoms with E-state index in [0.29, 0.717) is 0 Å². The van der Waals surface area contributed by atoms with Crippen molar-refractivity contribution in [3.63, 3.8) is 0 Å². The van der Waals surface area contributed by atoms with Crippen LogP contribution in [0.2, 0.25) is 0 Å². The van der Waals surface area contributed by atoms with Crippen molar-refractivity contribution in [2.24, 2.45) is 0 Å². The molecule has 0 amide bonds. The van der Waals surface area contributed by atoms with Gasteiger partial charge in [0.25, 0.3) is 0 Å². The van der Waals surface area contributed by atoms with Crippen molar-refractivity contribution in [2.75, 3.05) is 0 Å². The first-order valence-corrected chi connectivity index (χ1v) is 4.26. The van der Waals surface area contributed by atoms with Gasteiger partial charge < -0.3 is 0 Å². The molecule has 0 radical (unpaired) electrons. The molecule has 0 aromatic carbocycles. The lowest BCUT2D eigenvalue weighted by Crippen LogP contribution is -1.84. The van der Waals surface area contributed by atoms with E-state index in [2.05, 4.69) is 12.7 Å². The molecule has 1 aliphatic carbocycles. The maximum atomic E-state index is 12.9. The first-order chi connectivity index (χ1) is 6.22. The Hall–Kier alpha value is -1.37. The van der Waals surface area contributed by atoms with Crippen LogP contribution < -0.4 is 0 Å². The summed E-state index contributed by atoms with van der Waals surface area (Å²) in [7, 11) is 0. The van der Waals surface area contributed by atoms with Crippen LogP contribution in [0.25, 0.3) is 0 Å². The molecule has 0 bridgehead atoms. The van der Waals surface area contributed by atoms with Crippen molar-refractivity contribution in [2.45, 2.75) is 13.3 Å². The van der Waals surface area contributed by atoms with Gasteiger partial charge in [-0.1, -0.05) is 36.5 Å². The molecule has 13 heavy (non-hydrogen) atoms. The molecular formula is C12H13F. The summed E-state index contributed by atoms with van der Waals surface area (Å²) in [6.45, 7) is 5.46. The average molecular weight is 176 g/mol. The molecule has 0 nitrogen and oxygen atoms in total. The molecule has 0 heterocycles. The molecular weight excluding hydrogens is 163 g/mol. The van der Waals surface area contributed by atoms with Gasteiger partial charge in [-0.3, -0.25) is 0 Å². The zero-order valence-corrected chi connectivity index (χ0v) is 7.76. The zero-order valence-electron chi connectivity index (χ0n) is 7.76. The van der Waals surface area contributed by atoms with Crippen LogP contribution in [0, 0.1) is 0 Å². The van der Waals surface area contributed by atoms with E-state index in [1.54, 1.807) is 0 Å². The van der Waals surface area contributed by atoms with Crippen LogP contribution in [0.5, 0.6) is 0 Å². The standard InChI is InChI=1S/C12H13F/c1-3-4-12(13)9-11-7-5-10(2)6-8-11/h3-7,9H,1,8H2,2H3/b11-9-,12-4+. The first kappa shape index (κ1) is 9.72. The molecule has 0 aliphatic heterocycles. The lowest BCUT2D eigenvalue weighted by atomic mass is 10.0. The van der Waals surface area contributed by atoms with Gasteiger partial charge in [-0.2, -0.15) is 0 Å². The normalized spacial score (nSPS) is 20.3. The Bertz CT molecular complexity index is 314. The number of hydrogen-bond donors (Lipinski definition) is 0. The van der Waals surface area contributed by atoms with Crippen molar-refractivity contribution >= 4 is 0 Å². The summed E-state index contributed by atoms with van der Waals surface area (Å²) in [4.78, 5) is 0. The molecule has 0 saturated carbocycles. The Balaban J connectivity index is 2.71. The van der Waals surface area contributed by atoms with Crippen LogP contribution >= 0.6 is 0 Å². The van der Waals surface area contributed by atoms with E-state index < -0.39 is 0 Å². The van der Waals surface area contributed by atoms with Gasteiger partial charge in [0.05, 0.1) is 0 Å². The summed E-state index contributed by atoms with van der Waals surface area (Å²) >= 11 is 0. The zero-order chi connectivity index (χ0) is 9.68. The molecule has 0 unspecified atom stereocenters. The van der Waals surface area contributed by atoms with Gasteiger partial charge in [-0.25, -0.2) is 4.39 Å². The van der Waals surface area contributed by atoms with E-state index in [1.807, 2.05) is 19.1 Å². The van der Waals surface area contributed by atoms with Gasteiger partial charge in [0, 0.05) is 0 Å². The van der Waals surface area contributed by atoms with Crippen molar-refractivity contribution < 1.29 is 4.39 Å².